The van der Waals surface area contributed by atoms with Crippen molar-refractivity contribution in [2.45, 2.75) is 12.7 Å². The van der Waals surface area contributed by atoms with Crippen LogP contribution < -0.4 is 0 Å². The van der Waals surface area contributed by atoms with Crippen LogP contribution in [-0.4, -0.2) is 23.0 Å². The zero-order chi connectivity index (χ0) is 13.7. The number of methoxy groups -OCH3 is 1. The second kappa shape index (κ2) is 7.12. The molecule has 1 aromatic carbocycles. The number of hydrogen-bond donors (Lipinski definition) is 0. The smallest absolute Gasteiger partial charge is 0.309 e. The highest BCUT2D eigenvalue weighted by Gasteiger charge is 2.18. The van der Waals surface area contributed by atoms with Gasteiger partial charge in [0, 0.05) is 32.2 Å². The first-order valence-electron chi connectivity index (χ1n) is 5.31. The molecule has 0 aliphatic carbocycles. The van der Waals surface area contributed by atoms with E-state index in [1.54, 1.807) is 25.1 Å². The van der Waals surface area contributed by atoms with Crippen molar-refractivity contribution in [3.63, 3.8) is 0 Å². The summed E-state index contributed by atoms with van der Waals surface area (Å²) in [5, 5.41) is 0.975. The maximum absolute atomic E-state index is 11.9. The van der Waals surface area contributed by atoms with E-state index >= 15 is 0 Å². The molecule has 0 radical (unpaired) electrons. The molecule has 0 aromatic heterocycles. The van der Waals surface area contributed by atoms with E-state index in [-0.39, 0.29) is 17.5 Å². The molecule has 18 heavy (non-hydrogen) atoms. The highest BCUT2D eigenvalue weighted by Crippen LogP contribution is 2.25. The van der Waals surface area contributed by atoms with E-state index in [2.05, 4.69) is 4.74 Å². The van der Waals surface area contributed by atoms with Crippen LogP contribution in [0.1, 0.15) is 12.5 Å². The summed E-state index contributed by atoms with van der Waals surface area (Å²) in [4.78, 5) is 11.2. The van der Waals surface area contributed by atoms with E-state index in [0.717, 1.165) is 0 Å². The third kappa shape index (κ3) is 4.26. The van der Waals surface area contributed by atoms with Crippen LogP contribution in [0.15, 0.2) is 18.2 Å². The van der Waals surface area contributed by atoms with Gasteiger partial charge in [0.1, 0.15) is 0 Å². The van der Waals surface area contributed by atoms with Crippen molar-refractivity contribution in [2.24, 2.45) is 5.92 Å². The van der Waals surface area contributed by atoms with Crippen molar-refractivity contribution < 1.29 is 13.7 Å². The van der Waals surface area contributed by atoms with Crippen LogP contribution in [0.5, 0.6) is 0 Å². The van der Waals surface area contributed by atoms with Crippen LogP contribution in [0.2, 0.25) is 10.0 Å². The topological polar surface area (TPSA) is 43.4 Å². The number of hydrogen-bond acceptors (Lipinski definition) is 3. The normalized spacial score (nSPS) is 14.0. The van der Waals surface area contributed by atoms with E-state index in [4.69, 9.17) is 23.2 Å². The second-order valence-electron chi connectivity index (χ2n) is 3.88. The largest absolute Gasteiger partial charge is 0.469 e. The van der Waals surface area contributed by atoms with Gasteiger partial charge in [-0.3, -0.25) is 9.00 Å². The molecule has 3 nitrogen and oxygen atoms in total. The van der Waals surface area contributed by atoms with Crippen molar-refractivity contribution in [3.8, 4) is 0 Å². The molecule has 6 heteroatoms. The molecule has 2 unspecified atom stereocenters. The van der Waals surface area contributed by atoms with Gasteiger partial charge in [0.2, 0.25) is 0 Å². The molecule has 0 saturated heterocycles. The summed E-state index contributed by atoms with van der Waals surface area (Å²) in [7, 11) is 0.0986. The van der Waals surface area contributed by atoms with Gasteiger partial charge in [-0.15, -0.1) is 0 Å². The van der Waals surface area contributed by atoms with Crippen molar-refractivity contribution in [1.82, 2.24) is 0 Å². The summed E-state index contributed by atoms with van der Waals surface area (Å²) >= 11 is 12.0. The lowest BCUT2D eigenvalue weighted by molar-refractivity contribution is -0.144. The number of carbonyl (C=O) groups is 1. The molecule has 0 aliphatic rings. The predicted octanol–water partition coefficient (Wildman–Crippen LogP) is 3.05. The summed E-state index contributed by atoms with van der Waals surface area (Å²) in [6.45, 7) is 1.68. The Hall–Kier alpha value is -0.580. The van der Waals surface area contributed by atoms with Crippen LogP contribution in [0.3, 0.4) is 0 Å². The first-order valence-corrected chi connectivity index (χ1v) is 7.55. The maximum atomic E-state index is 11.9. The molecule has 1 aromatic rings. The van der Waals surface area contributed by atoms with Crippen molar-refractivity contribution in [2.75, 3.05) is 12.9 Å². The van der Waals surface area contributed by atoms with Gasteiger partial charge in [-0.2, -0.15) is 0 Å². The average molecular weight is 309 g/mol. The Morgan fingerprint density at radius 1 is 1.39 bits per heavy atom. The number of ether oxygens (including phenoxy) is 1. The highest BCUT2D eigenvalue weighted by molar-refractivity contribution is 7.84. The SMILES string of the molecule is COC(=O)C(C)CS(=O)Cc1c(Cl)cccc1Cl. The quantitative estimate of drug-likeness (QED) is 0.785. The molecule has 0 N–H and O–H groups in total. The van der Waals surface area contributed by atoms with E-state index in [9.17, 15) is 9.00 Å². The van der Waals surface area contributed by atoms with E-state index in [0.29, 0.717) is 15.6 Å². The molecule has 0 fully saturated rings. The number of benzene rings is 1. The minimum atomic E-state index is -1.21. The molecule has 0 bridgehead atoms. The lowest BCUT2D eigenvalue weighted by atomic mass is 10.2. The van der Waals surface area contributed by atoms with E-state index < -0.39 is 16.7 Å². The first kappa shape index (κ1) is 15.5. The minimum absolute atomic E-state index is 0.230. The molecule has 2 atom stereocenters. The number of esters is 1. The molecule has 0 amide bonds. The van der Waals surface area contributed by atoms with Gasteiger partial charge in [-0.25, -0.2) is 0 Å². The second-order valence-corrected chi connectivity index (χ2v) is 6.19. The van der Waals surface area contributed by atoms with Gasteiger partial charge < -0.3 is 4.74 Å². The molecule has 0 spiro atoms. The number of halogens is 2. The standard InChI is InChI=1S/C12H14Cl2O3S/c1-8(12(15)17-2)6-18(16)7-9-10(13)4-3-5-11(9)14/h3-5,8H,6-7H2,1-2H3. The highest BCUT2D eigenvalue weighted by atomic mass is 35.5. The molecule has 1 rings (SSSR count). The van der Waals surface area contributed by atoms with Crippen molar-refractivity contribution >= 4 is 40.0 Å². The van der Waals surface area contributed by atoms with E-state index in [1.807, 2.05) is 0 Å². The van der Waals surface area contributed by atoms with Crippen LogP contribution >= 0.6 is 23.2 Å². The van der Waals surface area contributed by atoms with Gasteiger partial charge in [0.05, 0.1) is 18.8 Å². The Morgan fingerprint density at radius 3 is 2.44 bits per heavy atom. The summed E-state index contributed by atoms with van der Waals surface area (Å²) in [6.07, 6.45) is 0. The van der Waals surface area contributed by atoms with Gasteiger partial charge in [-0.05, 0) is 12.1 Å². The Labute approximate surface area is 119 Å². The molecule has 0 heterocycles. The van der Waals surface area contributed by atoms with Crippen LogP contribution in [0.4, 0.5) is 0 Å². The fourth-order valence-electron chi connectivity index (χ4n) is 1.44. The van der Waals surface area contributed by atoms with Crippen molar-refractivity contribution in [1.29, 1.82) is 0 Å². The first-order chi connectivity index (χ1) is 8.45. The molecular weight excluding hydrogens is 295 g/mol. The Morgan fingerprint density at radius 2 is 1.94 bits per heavy atom. The Balaban J connectivity index is 2.68. The van der Waals surface area contributed by atoms with E-state index in [1.165, 1.54) is 7.11 Å². The summed E-state index contributed by atoms with van der Waals surface area (Å²) in [5.41, 5.74) is 0.649. The van der Waals surface area contributed by atoms with Gasteiger partial charge in [0.15, 0.2) is 0 Å². The maximum Gasteiger partial charge on any atom is 0.309 e. The summed E-state index contributed by atoms with van der Waals surface area (Å²) in [6, 6.07) is 5.13. The van der Waals surface area contributed by atoms with Crippen LogP contribution in [-0.2, 0) is 26.1 Å². The molecule has 0 saturated carbocycles. The summed E-state index contributed by atoms with van der Waals surface area (Å²) in [5.74, 6) is -0.306. The summed E-state index contributed by atoms with van der Waals surface area (Å²) < 4.78 is 16.5. The Bertz CT molecular complexity index is 442. The van der Waals surface area contributed by atoms with Crippen LogP contribution in [0.25, 0.3) is 0 Å². The Kier molecular flexibility index (Phi) is 6.12. The minimum Gasteiger partial charge on any atom is -0.469 e. The van der Waals surface area contributed by atoms with Gasteiger partial charge in [0.25, 0.3) is 0 Å². The molecule has 100 valence electrons. The average Bonchev–Trinajstić information content (AvgIpc) is 2.32. The molecular formula is C12H14Cl2O3S. The molecule has 0 aliphatic heterocycles. The third-order valence-corrected chi connectivity index (χ3v) is 4.60. The third-order valence-electron chi connectivity index (χ3n) is 2.41. The fraction of sp³-hybridized carbons (Fsp3) is 0.417. The fourth-order valence-corrected chi connectivity index (χ4v) is 3.57. The number of rotatable bonds is 5. The van der Waals surface area contributed by atoms with Crippen LogP contribution in [0, 0.1) is 5.92 Å². The zero-order valence-electron chi connectivity index (χ0n) is 10.1. The predicted molar refractivity (Wildman–Crippen MR) is 74.4 cm³/mol. The van der Waals surface area contributed by atoms with Crippen molar-refractivity contribution in [3.05, 3.63) is 33.8 Å². The lowest BCUT2D eigenvalue weighted by Crippen LogP contribution is -2.20. The number of carbonyl (C=O) groups excluding carboxylic acids is 1. The zero-order valence-corrected chi connectivity index (χ0v) is 12.4. The monoisotopic (exact) mass is 308 g/mol. The van der Waals surface area contributed by atoms with Gasteiger partial charge in [-0.1, -0.05) is 36.2 Å². The lowest BCUT2D eigenvalue weighted by Gasteiger charge is -2.10. The van der Waals surface area contributed by atoms with Gasteiger partial charge >= 0.3 is 5.97 Å².